The Balaban J connectivity index is 1.85. The highest BCUT2D eigenvalue weighted by molar-refractivity contribution is 9.10. The van der Waals surface area contributed by atoms with E-state index in [1.165, 1.54) is 0 Å². The van der Waals surface area contributed by atoms with Crippen LogP contribution in [0.25, 0.3) is 11.5 Å². The normalized spacial score (nSPS) is 10.9. The summed E-state index contributed by atoms with van der Waals surface area (Å²) in [7, 11) is 1.76. The zero-order chi connectivity index (χ0) is 14.1. The molecule has 2 aromatic heterocycles. The summed E-state index contributed by atoms with van der Waals surface area (Å²) in [5, 5.41) is 8.03. The van der Waals surface area contributed by atoms with Gasteiger partial charge in [0.1, 0.15) is 11.4 Å². The molecule has 0 saturated carbocycles. The maximum absolute atomic E-state index is 5.88. The molecule has 0 saturated heterocycles. The molecule has 0 amide bonds. The van der Waals surface area contributed by atoms with Gasteiger partial charge in [0.2, 0.25) is 0 Å². The third kappa shape index (κ3) is 2.44. The van der Waals surface area contributed by atoms with Gasteiger partial charge in [-0.1, -0.05) is 33.2 Å². The van der Waals surface area contributed by atoms with Crippen LogP contribution >= 0.6 is 15.9 Å². The summed E-state index contributed by atoms with van der Waals surface area (Å²) >= 11 is 3.44. The number of hydrogen-bond acceptors (Lipinski definition) is 5. The smallest absolute Gasteiger partial charge is 0.263 e. The van der Waals surface area contributed by atoms with E-state index in [9.17, 15) is 0 Å². The Hall–Kier alpha value is -2.15. The number of halogens is 1. The van der Waals surface area contributed by atoms with Crippen LogP contribution in [0.2, 0.25) is 0 Å². The van der Waals surface area contributed by atoms with E-state index in [0.717, 1.165) is 10.0 Å². The van der Waals surface area contributed by atoms with Crippen molar-refractivity contribution in [3.05, 3.63) is 46.3 Å². The summed E-state index contributed by atoms with van der Waals surface area (Å²) in [6.07, 6.45) is 2.22. The van der Waals surface area contributed by atoms with Crippen LogP contribution in [0.15, 0.2) is 39.5 Å². The fourth-order valence-electron chi connectivity index (χ4n) is 1.88. The molecule has 0 aliphatic rings. The van der Waals surface area contributed by atoms with Gasteiger partial charge in [-0.25, -0.2) is 0 Å². The summed E-state index contributed by atoms with van der Waals surface area (Å²) in [6.45, 7) is 0. The van der Waals surface area contributed by atoms with Crippen molar-refractivity contribution in [1.29, 1.82) is 0 Å². The predicted octanol–water partition coefficient (Wildman–Crippen LogP) is 2.41. The van der Waals surface area contributed by atoms with Gasteiger partial charge in [-0.2, -0.15) is 10.1 Å². The summed E-state index contributed by atoms with van der Waals surface area (Å²) < 4.78 is 7.83. The minimum atomic E-state index is 0.389. The minimum Gasteiger partial charge on any atom is -0.383 e. The van der Waals surface area contributed by atoms with Crippen LogP contribution in [0.3, 0.4) is 0 Å². The van der Waals surface area contributed by atoms with Crippen molar-refractivity contribution >= 4 is 21.7 Å². The molecule has 3 aromatic rings. The lowest BCUT2D eigenvalue weighted by atomic mass is 10.1. The number of nitrogens with two attached hydrogens (primary N) is 1. The van der Waals surface area contributed by atoms with Crippen molar-refractivity contribution in [1.82, 2.24) is 19.9 Å². The third-order valence-corrected chi connectivity index (χ3v) is 3.43. The van der Waals surface area contributed by atoms with Crippen molar-refractivity contribution < 1.29 is 4.52 Å². The molecule has 0 aliphatic carbocycles. The van der Waals surface area contributed by atoms with Crippen LogP contribution in [-0.4, -0.2) is 19.9 Å². The maximum Gasteiger partial charge on any atom is 0.263 e. The molecular formula is C13H12BrN5O. The lowest BCUT2D eigenvalue weighted by Crippen LogP contribution is -1.98. The fraction of sp³-hybridized carbons (Fsp3) is 0.154. The van der Waals surface area contributed by atoms with Crippen molar-refractivity contribution in [3.63, 3.8) is 0 Å². The van der Waals surface area contributed by atoms with Gasteiger partial charge in [0, 0.05) is 17.9 Å². The van der Waals surface area contributed by atoms with Crippen LogP contribution in [-0.2, 0) is 13.5 Å². The van der Waals surface area contributed by atoms with E-state index >= 15 is 0 Å². The van der Waals surface area contributed by atoms with Gasteiger partial charge in [0.05, 0.1) is 6.20 Å². The molecule has 2 N–H and O–H groups in total. The van der Waals surface area contributed by atoms with Gasteiger partial charge in [-0.3, -0.25) is 4.68 Å². The summed E-state index contributed by atoms with van der Waals surface area (Å²) in [6, 6.07) is 7.98. The molecule has 0 atom stereocenters. The van der Waals surface area contributed by atoms with Crippen LogP contribution in [0.5, 0.6) is 0 Å². The first-order chi connectivity index (χ1) is 9.63. The SMILES string of the molecule is Cn1ncc(-c2nc(Cc3cccc(Br)c3)no2)c1N. The largest absolute Gasteiger partial charge is 0.383 e. The second-order valence-corrected chi connectivity index (χ2v) is 5.31. The van der Waals surface area contributed by atoms with E-state index in [4.69, 9.17) is 10.3 Å². The Bertz CT molecular complexity index is 749. The molecule has 0 aliphatic heterocycles. The van der Waals surface area contributed by atoms with E-state index in [-0.39, 0.29) is 0 Å². The third-order valence-electron chi connectivity index (χ3n) is 2.93. The monoisotopic (exact) mass is 333 g/mol. The summed E-state index contributed by atoms with van der Waals surface area (Å²) in [5.74, 6) is 1.50. The Morgan fingerprint density at radius 2 is 2.25 bits per heavy atom. The van der Waals surface area contributed by atoms with Crippen molar-refractivity contribution in [2.24, 2.45) is 7.05 Å². The van der Waals surface area contributed by atoms with Gasteiger partial charge >= 0.3 is 0 Å². The lowest BCUT2D eigenvalue weighted by Gasteiger charge is -1.97. The molecule has 6 nitrogen and oxygen atoms in total. The molecule has 0 bridgehead atoms. The fourth-order valence-corrected chi connectivity index (χ4v) is 2.32. The molecule has 0 spiro atoms. The van der Waals surface area contributed by atoms with Gasteiger partial charge in [0.25, 0.3) is 5.89 Å². The van der Waals surface area contributed by atoms with Crippen molar-refractivity contribution in [2.45, 2.75) is 6.42 Å². The maximum atomic E-state index is 5.88. The number of rotatable bonds is 3. The molecule has 0 radical (unpaired) electrons. The Labute approximate surface area is 123 Å². The summed E-state index contributed by atoms with van der Waals surface area (Å²) in [4.78, 5) is 4.35. The summed E-state index contributed by atoms with van der Waals surface area (Å²) in [5.41, 5.74) is 7.64. The topological polar surface area (TPSA) is 82.8 Å². The second-order valence-electron chi connectivity index (χ2n) is 4.39. The van der Waals surface area contributed by atoms with Gasteiger partial charge in [0.15, 0.2) is 5.82 Å². The number of anilines is 1. The second kappa shape index (κ2) is 5.09. The zero-order valence-electron chi connectivity index (χ0n) is 10.7. The number of aryl methyl sites for hydroxylation is 1. The van der Waals surface area contributed by atoms with Crippen molar-refractivity contribution in [2.75, 3.05) is 5.73 Å². The van der Waals surface area contributed by atoms with Crippen molar-refractivity contribution in [3.8, 4) is 11.5 Å². The molecule has 102 valence electrons. The number of nitrogen functional groups attached to an aromatic ring is 1. The molecule has 7 heteroatoms. The average Bonchev–Trinajstić information content (AvgIpc) is 2.98. The molecular weight excluding hydrogens is 322 g/mol. The predicted molar refractivity (Wildman–Crippen MR) is 77.9 cm³/mol. The first-order valence-corrected chi connectivity index (χ1v) is 6.77. The van der Waals surface area contributed by atoms with Gasteiger partial charge < -0.3 is 10.3 Å². The van der Waals surface area contributed by atoms with Crippen LogP contribution in [0.4, 0.5) is 5.82 Å². The molecule has 0 fully saturated rings. The number of hydrogen-bond donors (Lipinski definition) is 1. The first kappa shape index (κ1) is 12.9. The molecule has 3 rings (SSSR count). The molecule has 1 aromatic carbocycles. The number of nitrogens with zero attached hydrogens (tertiary/aromatic N) is 4. The zero-order valence-corrected chi connectivity index (χ0v) is 12.3. The van der Waals surface area contributed by atoms with Crippen LogP contribution < -0.4 is 5.73 Å². The lowest BCUT2D eigenvalue weighted by molar-refractivity contribution is 0.424. The Kier molecular flexibility index (Phi) is 3.27. The van der Waals surface area contributed by atoms with Gasteiger partial charge in [-0.15, -0.1) is 0 Å². The van der Waals surface area contributed by atoms with E-state index in [0.29, 0.717) is 29.5 Å². The minimum absolute atomic E-state index is 0.389. The van der Waals surface area contributed by atoms with Gasteiger partial charge in [-0.05, 0) is 17.7 Å². The molecule has 2 heterocycles. The van der Waals surface area contributed by atoms with E-state index < -0.39 is 0 Å². The van der Waals surface area contributed by atoms with Crippen LogP contribution in [0, 0.1) is 0 Å². The average molecular weight is 334 g/mol. The Morgan fingerprint density at radius 1 is 1.40 bits per heavy atom. The van der Waals surface area contributed by atoms with E-state index in [1.54, 1.807) is 17.9 Å². The van der Waals surface area contributed by atoms with E-state index in [1.807, 2.05) is 24.3 Å². The Morgan fingerprint density at radius 3 is 2.95 bits per heavy atom. The molecule has 0 unspecified atom stereocenters. The first-order valence-electron chi connectivity index (χ1n) is 5.98. The number of aromatic nitrogens is 4. The highest BCUT2D eigenvalue weighted by Gasteiger charge is 2.15. The highest BCUT2D eigenvalue weighted by atomic mass is 79.9. The highest BCUT2D eigenvalue weighted by Crippen LogP contribution is 2.23. The quantitative estimate of drug-likeness (QED) is 0.795. The number of benzene rings is 1. The standard InChI is InChI=1S/C13H12BrN5O/c1-19-12(15)10(7-16-19)13-17-11(18-20-13)6-8-3-2-4-9(14)5-8/h2-5,7H,6,15H2,1H3. The molecule has 20 heavy (non-hydrogen) atoms. The van der Waals surface area contributed by atoms with E-state index in [2.05, 4.69) is 31.2 Å². The van der Waals surface area contributed by atoms with Crippen LogP contribution in [0.1, 0.15) is 11.4 Å².